The number of hydrogen-bond donors (Lipinski definition) is 0. The Morgan fingerprint density at radius 2 is 1.00 bits per heavy atom. The first-order valence-corrected chi connectivity index (χ1v) is 16.2. The zero-order valence-corrected chi connectivity index (χ0v) is 27.8. The molecule has 0 saturated heterocycles. The maximum Gasteiger partial charge on any atom is 0.417 e. The second kappa shape index (κ2) is 10.9. The molecule has 49 heavy (non-hydrogen) atoms. The van der Waals surface area contributed by atoms with Crippen molar-refractivity contribution in [3.05, 3.63) is 148 Å². The Morgan fingerprint density at radius 3 is 1.43 bits per heavy atom. The molecule has 6 heteroatoms. The van der Waals surface area contributed by atoms with Gasteiger partial charge in [-0.3, -0.25) is 0 Å². The molecule has 8 aromatic rings. The van der Waals surface area contributed by atoms with E-state index in [0.717, 1.165) is 71.9 Å². The molecule has 0 aliphatic rings. The van der Waals surface area contributed by atoms with Gasteiger partial charge in [0.25, 0.3) is 0 Å². The molecule has 0 aliphatic carbocycles. The van der Waals surface area contributed by atoms with Crippen molar-refractivity contribution < 1.29 is 13.2 Å². The highest BCUT2D eigenvalue weighted by Gasteiger charge is 2.36. The number of rotatable bonds is 3. The van der Waals surface area contributed by atoms with E-state index in [2.05, 4.69) is 71.8 Å². The first-order valence-electron chi connectivity index (χ1n) is 16.2. The summed E-state index contributed by atoms with van der Waals surface area (Å²) in [6, 6.07) is 32.7. The molecule has 2 aromatic heterocycles. The molecule has 6 aromatic carbocycles. The van der Waals surface area contributed by atoms with Crippen molar-refractivity contribution in [1.29, 1.82) is 0 Å². The molecule has 8 rings (SSSR count). The third kappa shape index (κ3) is 4.64. The van der Waals surface area contributed by atoms with Gasteiger partial charge in [0.1, 0.15) is 0 Å². The fourth-order valence-corrected chi connectivity index (χ4v) is 7.55. The summed E-state index contributed by atoms with van der Waals surface area (Å²) >= 11 is 0. The molecule has 0 N–H and O–H groups in total. The van der Waals surface area contributed by atoms with Crippen molar-refractivity contribution in [2.24, 2.45) is 0 Å². The van der Waals surface area contributed by atoms with Crippen LogP contribution >= 0.6 is 0 Å². The van der Waals surface area contributed by atoms with Gasteiger partial charge in [-0.2, -0.15) is 13.2 Å². The van der Waals surface area contributed by atoms with E-state index in [4.69, 9.17) is 6.57 Å². The molecule has 0 amide bonds. The predicted octanol–water partition coefficient (Wildman–Crippen LogP) is 12.7. The van der Waals surface area contributed by atoms with Crippen molar-refractivity contribution in [2.75, 3.05) is 0 Å². The van der Waals surface area contributed by atoms with E-state index in [0.29, 0.717) is 22.5 Å². The molecule has 0 unspecified atom stereocenters. The number of aromatic nitrogens is 2. The zero-order chi connectivity index (χ0) is 34.4. The summed E-state index contributed by atoms with van der Waals surface area (Å²) < 4.78 is 48.5. The van der Waals surface area contributed by atoms with Gasteiger partial charge < -0.3 is 9.13 Å². The number of aryl methyl sites for hydroxylation is 5. The zero-order valence-electron chi connectivity index (χ0n) is 27.8. The van der Waals surface area contributed by atoms with Crippen LogP contribution in [0.4, 0.5) is 18.9 Å². The second-order valence-corrected chi connectivity index (χ2v) is 13.2. The Balaban J connectivity index is 1.61. The molecular weight excluding hydrogens is 615 g/mol. The summed E-state index contributed by atoms with van der Waals surface area (Å²) in [5.74, 6) is 0. The SMILES string of the molecule is [C-]#[N+]c1c(-n2c3ccc(C)cc3c3cc(C)ccc32)ccc(-c2c(C)cccc2C(F)(F)F)c1-n1c2ccc(C)cc2c2cc(C)ccc21. The van der Waals surface area contributed by atoms with Crippen molar-refractivity contribution in [1.82, 2.24) is 9.13 Å². The van der Waals surface area contributed by atoms with Crippen LogP contribution in [-0.2, 0) is 6.18 Å². The Labute approximate surface area is 282 Å². The van der Waals surface area contributed by atoms with Crippen LogP contribution in [-0.4, -0.2) is 9.13 Å². The van der Waals surface area contributed by atoms with Crippen molar-refractivity contribution in [2.45, 2.75) is 40.8 Å². The third-order valence-corrected chi connectivity index (χ3v) is 9.71. The molecule has 3 nitrogen and oxygen atoms in total. The Kier molecular flexibility index (Phi) is 6.77. The van der Waals surface area contributed by atoms with Crippen LogP contribution < -0.4 is 0 Å². The lowest BCUT2D eigenvalue weighted by molar-refractivity contribution is -0.137. The second-order valence-electron chi connectivity index (χ2n) is 13.2. The molecule has 2 heterocycles. The average Bonchev–Trinajstić information content (AvgIpc) is 3.54. The summed E-state index contributed by atoms with van der Waals surface area (Å²) in [7, 11) is 0. The quantitative estimate of drug-likeness (QED) is 0.170. The first-order chi connectivity index (χ1) is 23.5. The number of halogens is 3. The highest BCUT2D eigenvalue weighted by Crippen LogP contribution is 2.49. The number of fused-ring (bicyclic) bond motifs is 6. The fraction of sp³-hybridized carbons (Fsp3) is 0.140. The van der Waals surface area contributed by atoms with Gasteiger partial charge in [0, 0.05) is 21.5 Å². The van der Waals surface area contributed by atoms with Gasteiger partial charge in [-0.15, -0.1) is 0 Å². The van der Waals surface area contributed by atoms with Gasteiger partial charge in [0.15, 0.2) is 0 Å². The number of nitrogens with zero attached hydrogens (tertiary/aromatic N) is 3. The Bertz CT molecular complexity index is 2600. The van der Waals surface area contributed by atoms with Crippen LogP contribution in [0, 0.1) is 41.2 Å². The lowest BCUT2D eigenvalue weighted by Crippen LogP contribution is -2.10. The average molecular weight is 648 g/mol. The van der Waals surface area contributed by atoms with Gasteiger partial charge in [-0.25, -0.2) is 4.85 Å². The minimum absolute atomic E-state index is 0.0733. The molecule has 0 atom stereocenters. The van der Waals surface area contributed by atoms with Crippen LogP contribution in [0.15, 0.2) is 103 Å². The molecule has 0 saturated carbocycles. The Morgan fingerprint density at radius 1 is 0.551 bits per heavy atom. The van der Waals surface area contributed by atoms with E-state index in [9.17, 15) is 13.2 Å². The molecule has 0 bridgehead atoms. The van der Waals surface area contributed by atoms with Gasteiger partial charge in [0.05, 0.1) is 45.6 Å². The monoisotopic (exact) mass is 647 g/mol. The van der Waals surface area contributed by atoms with Crippen LogP contribution in [0.5, 0.6) is 0 Å². The normalized spacial score (nSPS) is 12.1. The van der Waals surface area contributed by atoms with Crippen LogP contribution in [0.3, 0.4) is 0 Å². The van der Waals surface area contributed by atoms with E-state index >= 15 is 0 Å². The van der Waals surface area contributed by atoms with Crippen LogP contribution in [0.1, 0.15) is 33.4 Å². The summed E-state index contributed by atoms with van der Waals surface area (Å²) in [5.41, 5.74) is 9.36. The number of benzene rings is 6. The van der Waals surface area contributed by atoms with Crippen LogP contribution in [0.25, 0.3) is 71.0 Å². The van der Waals surface area contributed by atoms with Crippen LogP contribution in [0.2, 0.25) is 0 Å². The van der Waals surface area contributed by atoms with Gasteiger partial charge in [-0.1, -0.05) is 64.7 Å². The first kappa shape index (κ1) is 30.5. The summed E-state index contributed by atoms with van der Waals surface area (Å²) in [5, 5.41) is 4.08. The van der Waals surface area contributed by atoms with Crippen molar-refractivity contribution in [3.8, 4) is 22.5 Å². The standard InChI is InChI=1S/C43H32F3N3/c1-24-10-15-35-30(20-24)31-21-25(2)11-16-36(31)48(35)39-19-14-29(40-28(5)8-7-9-34(40)43(44,45)46)42(41(39)47-6)49-37-17-12-26(3)22-32(37)33-23-27(4)13-18-38(33)49/h7-23H,1-5H3. The molecule has 0 radical (unpaired) electrons. The largest absolute Gasteiger partial charge is 0.417 e. The number of hydrogen-bond acceptors (Lipinski definition) is 0. The summed E-state index contributed by atoms with van der Waals surface area (Å²) in [4.78, 5) is 4.21. The van der Waals surface area contributed by atoms with Crippen molar-refractivity contribution >= 4 is 49.3 Å². The maximum absolute atomic E-state index is 14.8. The van der Waals surface area contributed by atoms with E-state index < -0.39 is 11.7 Å². The summed E-state index contributed by atoms with van der Waals surface area (Å²) in [6.07, 6.45) is -4.60. The maximum atomic E-state index is 14.8. The molecule has 0 aliphatic heterocycles. The predicted molar refractivity (Wildman–Crippen MR) is 196 cm³/mol. The number of alkyl halides is 3. The molecule has 240 valence electrons. The third-order valence-electron chi connectivity index (χ3n) is 9.71. The topological polar surface area (TPSA) is 14.2 Å². The van der Waals surface area contributed by atoms with E-state index in [1.807, 2.05) is 48.7 Å². The minimum atomic E-state index is -4.60. The molecular formula is C43H32F3N3. The van der Waals surface area contributed by atoms with E-state index in [1.165, 1.54) is 6.07 Å². The summed E-state index contributed by atoms with van der Waals surface area (Å²) in [6.45, 7) is 18.6. The van der Waals surface area contributed by atoms with Crippen molar-refractivity contribution in [3.63, 3.8) is 0 Å². The molecule has 0 fully saturated rings. The Hall–Kier alpha value is -5.80. The lowest BCUT2D eigenvalue weighted by Gasteiger charge is -2.23. The fourth-order valence-electron chi connectivity index (χ4n) is 7.55. The minimum Gasteiger partial charge on any atom is -0.319 e. The van der Waals surface area contributed by atoms with E-state index in [-0.39, 0.29) is 11.3 Å². The van der Waals surface area contributed by atoms with Gasteiger partial charge >= 0.3 is 6.18 Å². The smallest absolute Gasteiger partial charge is 0.319 e. The van der Waals surface area contributed by atoms with E-state index in [1.54, 1.807) is 19.1 Å². The van der Waals surface area contributed by atoms with Gasteiger partial charge in [0.2, 0.25) is 5.69 Å². The highest BCUT2D eigenvalue weighted by atomic mass is 19.4. The van der Waals surface area contributed by atoms with Gasteiger partial charge in [-0.05, 0) is 112 Å². The lowest BCUT2D eigenvalue weighted by atomic mass is 9.92. The highest BCUT2D eigenvalue weighted by molar-refractivity contribution is 6.13. The molecule has 0 spiro atoms.